The zero-order chi connectivity index (χ0) is 16.9. The quantitative estimate of drug-likeness (QED) is 0.842. The van der Waals surface area contributed by atoms with E-state index in [-0.39, 0.29) is 4.90 Å². The molecule has 0 radical (unpaired) electrons. The van der Waals surface area contributed by atoms with E-state index in [0.29, 0.717) is 18.3 Å². The summed E-state index contributed by atoms with van der Waals surface area (Å²) in [6.07, 6.45) is 3.64. The van der Waals surface area contributed by atoms with Crippen molar-refractivity contribution < 1.29 is 13.2 Å². The number of sulfone groups is 1. The maximum atomic E-state index is 11.7. The van der Waals surface area contributed by atoms with E-state index in [2.05, 4.69) is 17.2 Å². The molecule has 1 aromatic heterocycles. The molecular formula is C17H22N2O3S. The molecule has 5 nitrogen and oxygen atoms in total. The van der Waals surface area contributed by atoms with E-state index in [1.165, 1.54) is 11.8 Å². The number of nitrogens with zero attached hydrogens (tertiary/aromatic N) is 1. The summed E-state index contributed by atoms with van der Waals surface area (Å²) in [5.41, 5.74) is 1.22. The highest BCUT2D eigenvalue weighted by molar-refractivity contribution is 7.90. The van der Waals surface area contributed by atoms with Crippen LogP contribution in [0.25, 0.3) is 0 Å². The fraction of sp³-hybridized carbons (Fsp3) is 0.353. The number of anilines is 1. The summed E-state index contributed by atoms with van der Waals surface area (Å²) in [6.45, 7) is 2.78. The average molecular weight is 334 g/mol. The van der Waals surface area contributed by atoms with Crippen molar-refractivity contribution in [1.82, 2.24) is 4.98 Å². The second kappa shape index (κ2) is 7.46. The monoisotopic (exact) mass is 334 g/mol. The van der Waals surface area contributed by atoms with Crippen molar-refractivity contribution in [3.05, 3.63) is 48.2 Å². The molecule has 0 spiro atoms. The normalized spacial score (nSPS) is 12.7. The first-order valence-corrected chi connectivity index (χ1v) is 9.34. The van der Waals surface area contributed by atoms with Crippen LogP contribution < -0.4 is 10.1 Å². The highest BCUT2D eigenvalue weighted by atomic mass is 32.2. The minimum atomic E-state index is -3.28. The maximum Gasteiger partial charge on any atom is 0.179 e. The predicted molar refractivity (Wildman–Crippen MR) is 91.9 cm³/mol. The van der Waals surface area contributed by atoms with Crippen molar-refractivity contribution in [2.24, 2.45) is 0 Å². The lowest BCUT2D eigenvalue weighted by Crippen LogP contribution is -2.11. The average Bonchev–Trinajstić information content (AvgIpc) is 2.54. The van der Waals surface area contributed by atoms with Gasteiger partial charge in [0, 0.05) is 19.0 Å². The summed E-state index contributed by atoms with van der Waals surface area (Å²) in [7, 11) is -1.64. The van der Waals surface area contributed by atoms with Crippen molar-refractivity contribution in [1.29, 1.82) is 0 Å². The van der Waals surface area contributed by atoms with E-state index >= 15 is 0 Å². The number of rotatable bonds is 7. The number of benzene rings is 1. The molecule has 0 aliphatic carbocycles. The number of hydrogen-bond acceptors (Lipinski definition) is 5. The number of pyridine rings is 1. The lowest BCUT2D eigenvalue weighted by Gasteiger charge is -2.14. The van der Waals surface area contributed by atoms with Gasteiger partial charge < -0.3 is 10.1 Å². The van der Waals surface area contributed by atoms with Gasteiger partial charge in [-0.05, 0) is 42.2 Å². The van der Waals surface area contributed by atoms with Crippen LogP contribution in [-0.2, 0) is 9.84 Å². The standard InChI is InChI=1S/C17H22N2O3S/c1-13(14-6-8-15(22-2)9-7-14)10-12-19-17-16(23(3,20)21)5-4-11-18-17/h4-9,11,13H,10,12H2,1-3H3,(H,18,19). The molecule has 1 aromatic carbocycles. The Morgan fingerprint density at radius 3 is 2.52 bits per heavy atom. The van der Waals surface area contributed by atoms with Crippen LogP contribution in [0.3, 0.4) is 0 Å². The van der Waals surface area contributed by atoms with Crippen LogP contribution in [0.15, 0.2) is 47.5 Å². The molecule has 124 valence electrons. The van der Waals surface area contributed by atoms with Gasteiger partial charge in [-0.15, -0.1) is 0 Å². The largest absolute Gasteiger partial charge is 0.497 e. The molecule has 0 fully saturated rings. The van der Waals surface area contributed by atoms with Crippen molar-refractivity contribution >= 4 is 15.7 Å². The number of methoxy groups -OCH3 is 1. The summed E-state index contributed by atoms with van der Waals surface area (Å²) >= 11 is 0. The first-order chi connectivity index (χ1) is 10.9. The maximum absolute atomic E-state index is 11.7. The molecule has 0 aliphatic heterocycles. The molecule has 0 bridgehead atoms. The molecule has 0 saturated heterocycles. The number of ether oxygens (including phenoxy) is 1. The van der Waals surface area contributed by atoms with Crippen LogP contribution in [0.1, 0.15) is 24.8 Å². The molecule has 2 aromatic rings. The van der Waals surface area contributed by atoms with Gasteiger partial charge in [-0.1, -0.05) is 19.1 Å². The third-order valence-electron chi connectivity index (χ3n) is 3.72. The van der Waals surface area contributed by atoms with E-state index in [0.717, 1.165) is 12.2 Å². The zero-order valence-corrected chi connectivity index (χ0v) is 14.4. The SMILES string of the molecule is COc1ccc(C(C)CCNc2ncccc2S(C)(=O)=O)cc1. The summed E-state index contributed by atoms with van der Waals surface area (Å²) in [4.78, 5) is 4.36. The number of hydrogen-bond donors (Lipinski definition) is 1. The summed E-state index contributed by atoms with van der Waals surface area (Å²) in [5.74, 6) is 1.60. The second-order valence-corrected chi connectivity index (χ2v) is 7.50. The predicted octanol–water partition coefficient (Wildman–Crippen LogP) is 3.10. The summed E-state index contributed by atoms with van der Waals surface area (Å²) in [5, 5.41) is 3.13. The molecule has 1 heterocycles. The Balaban J connectivity index is 1.97. The van der Waals surface area contributed by atoms with E-state index in [9.17, 15) is 8.42 Å². The molecule has 1 N–H and O–H groups in total. The van der Waals surface area contributed by atoms with Crippen LogP contribution in [0.2, 0.25) is 0 Å². The van der Waals surface area contributed by atoms with Crippen molar-refractivity contribution in [3.8, 4) is 5.75 Å². The van der Waals surface area contributed by atoms with Gasteiger partial charge >= 0.3 is 0 Å². The van der Waals surface area contributed by atoms with Gasteiger partial charge in [-0.3, -0.25) is 0 Å². The zero-order valence-electron chi connectivity index (χ0n) is 13.6. The molecule has 23 heavy (non-hydrogen) atoms. The Kier molecular flexibility index (Phi) is 5.60. The van der Waals surface area contributed by atoms with Crippen LogP contribution >= 0.6 is 0 Å². The van der Waals surface area contributed by atoms with Crippen LogP contribution in [0, 0.1) is 0 Å². The third kappa shape index (κ3) is 4.69. The lowest BCUT2D eigenvalue weighted by atomic mass is 9.98. The van der Waals surface area contributed by atoms with Crippen LogP contribution in [0.4, 0.5) is 5.82 Å². The Morgan fingerprint density at radius 1 is 1.22 bits per heavy atom. The topological polar surface area (TPSA) is 68.3 Å². The van der Waals surface area contributed by atoms with Gasteiger partial charge in [-0.25, -0.2) is 13.4 Å². The number of aromatic nitrogens is 1. The molecular weight excluding hydrogens is 312 g/mol. The summed E-state index contributed by atoms with van der Waals surface area (Å²) < 4.78 is 28.6. The molecule has 1 unspecified atom stereocenters. The Labute approximate surface area is 137 Å². The minimum absolute atomic E-state index is 0.233. The first-order valence-electron chi connectivity index (χ1n) is 7.44. The molecule has 0 amide bonds. The van der Waals surface area contributed by atoms with Gasteiger partial charge in [0.05, 0.1) is 7.11 Å². The molecule has 0 aliphatic rings. The van der Waals surface area contributed by atoms with Crippen molar-refractivity contribution in [3.63, 3.8) is 0 Å². The minimum Gasteiger partial charge on any atom is -0.497 e. The van der Waals surface area contributed by atoms with Crippen molar-refractivity contribution in [2.45, 2.75) is 24.2 Å². The highest BCUT2D eigenvalue weighted by Crippen LogP contribution is 2.23. The Morgan fingerprint density at radius 2 is 1.91 bits per heavy atom. The van der Waals surface area contributed by atoms with Gasteiger partial charge in [0.2, 0.25) is 0 Å². The van der Waals surface area contributed by atoms with Gasteiger partial charge in [-0.2, -0.15) is 0 Å². The fourth-order valence-corrected chi connectivity index (χ4v) is 3.13. The van der Waals surface area contributed by atoms with E-state index in [1.807, 2.05) is 24.3 Å². The highest BCUT2D eigenvalue weighted by Gasteiger charge is 2.14. The summed E-state index contributed by atoms with van der Waals surface area (Å²) in [6, 6.07) is 11.2. The molecule has 1 atom stereocenters. The molecule has 2 rings (SSSR count). The van der Waals surface area contributed by atoms with E-state index in [1.54, 1.807) is 25.4 Å². The van der Waals surface area contributed by atoms with Gasteiger partial charge in [0.25, 0.3) is 0 Å². The Bertz CT molecular complexity index is 743. The second-order valence-electron chi connectivity index (χ2n) is 5.51. The van der Waals surface area contributed by atoms with E-state index < -0.39 is 9.84 Å². The van der Waals surface area contributed by atoms with Gasteiger partial charge in [0.15, 0.2) is 9.84 Å². The van der Waals surface area contributed by atoms with E-state index in [4.69, 9.17) is 4.74 Å². The number of nitrogens with one attached hydrogen (secondary N) is 1. The first kappa shape index (κ1) is 17.3. The third-order valence-corrected chi connectivity index (χ3v) is 4.85. The molecule has 0 saturated carbocycles. The Hall–Kier alpha value is -2.08. The smallest absolute Gasteiger partial charge is 0.179 e. The van der Waals surface area contributed by atoms with Crippen LogP contribution in [-0.4, -0.2) is 33.3 Å². The lowest BCUT2D eigenvalue weighted by molar-refractivity contribution is 0.414. The molecule has 6 heteroatoms. The van der Waals surface area contributed by atoms with Gasteiger partial charge in [0.1, 0.15) is 16.5 Å². The fourth-order valence-electron chi connectivity index (χ4n) is 2.33. The van der Waals surface area contributed by atoms with Crippen LogP contribution in [0.5, 0.6) is 5.75 Å². The van der Waals surface area contributed by atoms with Crippen molar-refractivity contribution in [2.75, 3.05) is 25.2 Å².